The van der Waals surface area contributed by atoms with E-state index in [0.717, 1.165) is 18.5 Å². The largest absolute Gasteiger partial charge is 0.326 e. The lowest BCUT2D eigenvalue weighted by molar-refractivity contribution is 0.122. The van der Waals surface area contributed by atoms with Gasteiger partial charge in [0.1, 0.15) is 0 Å². The fourth-order valence-corrected chi connectivity index (χ4v) is 3.47. The minimum absolute atomic E-state index is 0.167. The third kappa shape index (κ3) is 2.91. The van der Waals surface area contributed by atoms with Gasteiger partial charge in [0.2, 0.25) is 0 Å². The lowest BCUT2D eigenvalue weighted by Crippen LogP contribution is -2.56. The molecule has 20 heavy (non-hydrogen) atoms. The molecule has 1 aromatic rings. The second-order valence-electron chi connectivity index (χ2n) is 6.56. The summed E-state index contributed by atoms with van der Waals surface area (Å²) < 4.78 is 2.07. The summed E-state index contributed by atoms with van der Waals surface area (Å²) in [5.74, 6) is 0. The highest BCUT2D eigenvalue weighted by atomic mass is 15.3. The third-order valence-corrected chi connectivity index (χ3v) is 5.19. The van der Waals surface area contributed by atoms with Crippen molar-refractivity contribution in [1.29, 1.82) is 0 Å². The molecule has 0 spiro atoms. The van der Waals surface area contributed by atoms with Crippen molar-refractivity contribution in [1.82, 2.24) is 14.7 Å². The van der Waals surface area contributed by atoms with Gasteiger partial charge in [-0.05, 0) is 46.3 Å². The number of nitrogens with zero attached hydrogens (tertiary/aromatic N) is 3. The maximum Gasteiger partial charge on any atom is 0.0640 e. The smallest absolute Gasteiger partial charge is 0.0640 e. The van der Waals surface area contributed by atoms with E-state index in [1.807, 2.05) is 0 Å². The van der Waals surface area contributed by atoms with Crippen LogP contribution in [0, 0.1) is 0 Å². The highest BCUT2D eigenvalue weighted by Crippen LogP contribution is 2.36. The average molecular weight is 278 g/mol. The molecule has 1 aliphatic rings. The quantitative estimate of drug-likeness (QED) is 0.870. The summed E-state index contributed by atoms with van der Waals surface area (Å²) >= 11 is 0. The molecule has 0 aliphatic heterocycles. The van der Waals surface area contributed by atoms with Gasteiger partial charge in [0.05, 0.1) is 5.69 Å². The molecule has 114 valence electrons. The molecule has 0 bridgehead atoms. The fraction of sp³-hybridized carbons (Fsp3) is 0.812. The van der Waals surface area contributed by atoms with Crippen molar-refractivity contribution in [3.63, 3.8) is 0 Å². The molecule has 2 N–H and O–H groups in total. The second-order valence-corrected chi connectivity index (χ2v) is 6.56. The normalized spacial score (nSPS) is 21.3. The Balaban J connectivity index is 2.07. The van der Waals surface area contributed by atoms with Crippen molar-refractivity contribution in [2.45, 2.75) is 70.0 Å². The zero-order chi connectivity index (χ0) is 14.8. The first-order valence-corrected chi connectivity index (χ1v) is 7.96. The van der Waals surface area contributed by atoms with Crippen LogP contribution in [0.1, 0.15) is 57.7 Å². The number of likely N-dealkylation sites (N-methyl/N-ethyl adjacent to an activating group) is 1. The Morgan fingerprint density at radius 3 is 2.60 bits per heavy atom. The monoisotopic (exact) mass is 278 g/mol. The highest BCUT2D eigenvalue weighted by Gasteiger charge is 2.41. The lowest BCUT2D eigenvalue weighted by atomic mass is 9.85. The molecule has 0 saturated heterocycles. The van der Waals surface area contributed by atoms with Crippen LogP contribution in [0.2, 0.25) is 0 Å². The van der Waals surface area contributed by atoms with Gasteiger partial charge in [-0.15, -0.1) is 0 Å². The van der Waals surface area contributed by atoms with Gasteiger partial charge < -0.3 is 10.6 Å². The summed E-state index contributed by atoms with van der Waals surface area (Å²) in [6, 6.07) is 2.76. The number of rotatable bonds is 6. The Morgan fingerprint density at radius 2 is 2.05 bits per heavy atom. The van der Waals surface area contributed by atoms with E-state index in [1.54, 1.807) is 0 Å². The summed E-state index contributed by atoms with van der Waals surface area (Å²) in [6.07, 6.45) is 9.10. The van der Waals surface area contributed by atoms with Gasteiger partial charge >= 0.3 is 0 Å². The molecule has 2 atom stereocenters. The Morgan fingerprint density at radius 1 is 1.40 bits per heavy atom. The van der Waals surface area contributed by atoms with E-state index in [4.69, 9.17) is 10.8 Å². The minimum Gasteiger partial charge on any atom is -0.326 e. The van der Waals surface area contributed by atoms with Crippen LogP contribution in [0.5, 0.6) is 0 Å². The first kappa shape index (κ1) is 15.5. The molecule has 2 unspecified atom stereocenters. The molecule has 1 fully saturated rings. The van der Waals surface area contributed by atoms with E-state index >= 15 is 0 Å². The molecule has 1 aliphatic carbocycles. The summed E-state index contributed by atoms with van der Waals surface area (Å²) in [5.41, 5.74) is 7.87. The standard InChI is InChI=1S/C16H30N4/c1-5-13(2)20-11-8-14(18-20)12-15(17)16(19(3)4)9-6-7-10-16/h8,11,13,15H,5-7,9-10,12,17H2,1-4H3. The van der Waals surface area contributed by atoms with Crippen LogP contribution in [0.4, 0.5) is 0 Å². The van der Waals surface area contributed by atoms with Crippen molar-refractivity contribution in [2.24, 2.45) is 5.73 Å². The highest BCUT2D eigenvalue weighted by molar-refractivity contribution is 5.09. The fourth-order valence-electron chi connectivity index (χ4n) is 3.47. The molecule has 0 radical (unpaired) electrons. The first-order chi connectivity index (χ1) is 9.49. The van der Waals surface area contributed by atoms with Gasteiger partial charge in [0.15, 0.2) is 0 Å². The molecule has 1 saturated carbocycles. The van der Waals surface area contributed by atoms with Gasteiger partial charge in [0.25, 0.3) is 0 Å². The second kappa shape index (κ2) is 6.27. The summed E-state index contributed by atoms with van der Waals surface area (Å²) in [5, 5.41) is 4.70. The Hall–Kier alpha value is -0.870. The van der Waals surface area contributed by atoms with Crippen LogP contribution in [0.25, 0.3) is 0 Å². The van der Waals surface area contributed by atoms with Crippen molar-refractivity contribution in [2.75, 3.05) is 14.1 Å². The molecule has 0 aromatic carbocycles. The van der Waals surface area contributed by atoms with Crippen molar-refractivity contribution in [3.05, 3.63) is 18.0 Å². The molecule has 0 amide bonds. The van der Waals surface area contributed by atoms with Crippen LogP contribution < -0.4 is 5.73 Å². The first-order valence-electron chi connectivity index (χ1n) is 7.96. The summed E-state index contributed by atoms with van der Waals surface area (Å²) in [4.78, 5) is 2.34. The van der Waals surface area contributed by atoms with Crippen molar-refractivity contribution < 1.29 is 0 Å². The topological polar surface area (TPSA) is 47.1 Å². The van der Waals surface area contributed by atoms with Gasteiger partial charge in [-0.1, -0.05) is 19.8 Å². The van der Waals surface area contributed by atoms with Gasteiger partial charge in [-0.2, -0.15) is 5.10 Å². The van der Waals surface area contributed by atoms with Crippen LogP contribution >= 0.6 is 0 Å². The molecule has 4 nitrogen and oxygen atoms in total. The summed E-state index contributed by atoms with van der Waals surface area (Å²) in [6.45, 7) is 4.40. The Kier molecular flexibility index (Phi) is 4.86. The van der Waals surface area contributed by atoms with E-state index < -0.39 is 0 Å². The van der Waals surface area contributed by atoms with E-state index in [2.05, 4.69) is 49.8 Å². The molecular weight excluding hydrogens is 248 g/mol. The van der Waals surface area contributed by atoms with Gasteiger partial charge in [-0.3, -0.25) is 4.68 Å². The number of hydrogen-bond acceptors (Lipinski definition) is 3. The minimum atomic E-state index is 0.167. The van der Waals surface area contributed by atoms with Crippen LogP contribution in [0.3, 0.4) is 0 Å². The Bertz CT molecular complexity index is 418. The van der Waals surface area contributed by atoms with Crippen molar-refractivity contribution >= 4 is 0 Å². The van der Waals surface area contributed by atoms with Gasteiger partial charge in [-0.25, -0.2) is 0 Å². The molecule has 2 rings (SSSR count). The van der Waals surface area contributed by atoms with Crippen molar-refractivity contribution in [3.8, 4) is 0 Å². The van der Waals surface area contributed by atoms with E-state index in [0.29, 0.717) is 6.04 Å². The van der Waals surface area contributed by atoms with E-state index in [1.165, 1.54) is 25.7 Å². The predicted molar refractivity (Wildman–Crippen MR) is 83.8 cm³/mol. The average Bonchev–Trinajstić information content (AvgIpc) is 3.07. The third-order valence-electron chi connectivity index (χ3n) is 5.19. The predicted octanol–water partition coefficient (Wildman–Crippen LogP) is 2.60. The van der Waals surface area contributed by atoms with Crippen LogP contribution in [-0.4, -0.2) is 40.4 Å². The summed E-state index contributed by atoms with van der Waals surface area (Å²) in [7, 11) is 4.34. The maximum atomic E-state index is 6.57. The van der Waals surface area contributed by atoms with E-state index in [-0.39, 0.29) is 11.6 Å². The number of aromatic nitrogens is 2. The molecular formula is C16H30N4. The number of nitrogens with two attached hydrogens (primary N) is 1. The molecule has 1 heterocycles. The SMILES string of the molecule is CCC(C)n1ccc(CC(N)C2(N(C)C)CCCC2)n1. The lowest BCUT2D eigenvalue weighted by Gasteiger charge is -2.41. The van der Waals surface area contributed by atoms with E-state index in [9.17, 15) is 0 Å². The van der Waals surface area contributed by atoms with Gasteiger partial charge in [0, 0.05) is 30.2 Å². The van der Waals surface area contributed by atoms with Crippen LogP contribution in [0.15, 0.2) is 12.3 Å². The zero-order valence-corrected chi connectivity index (χ0v) is 13.5. The Labute approximate surface area is 123 Å². The maximum absolute atomic E-state index is 6.57. The molecule has 1 aromatic heterocycles. The number of hydrogen-bond donors (Lipinski definition) is 1. The molecule has 4 heteroatoms. The zero-order valence-electron chi connectivity index (χ0n) is 13.5. The van der Waals surface area contributed by atoms with Crippen LogP contribution in [-0.2, 0) is 6.42 Å².